The van der Waals surface area contributed by atoms with Gasteiger partial charge in [-0.2, -0.15) is 0 Å². The third-order valence-corrected chi connectivity index (χ3v) is 3.66. The molecule has 1 aliphatic rings. The Morgan fingerprint density at radius 2 is 2.18 bits per heavy atom. The summed E-state index contributed by atoms with van der Waals surface area (Å²) in [6.07, 6.45) is 4.14. The standard InChI is InChI=1S/C15H16F2N4O/c16-11-2-5-13(17)10(7-11)1-6-15(22)18-8-14-20-19-9-21(14)12-3-4-12/h2,5,7,9,12H,1,3-4,6,8H2,(H,18,22). The van der Waals surface area contributed by atoms with Gasteiger partial charge in [0.05, 0.1) is 6.54 Å². The van der Waals surface area contributed by atoms with Crippen molar-refractivity contribution in [2.24, 2.45) is 0 Å². The van der Waals surface area contributed by atoms with E-state index in [1.54, 1.807) is 6.33 Å². The number of hydrogen-bond donors (Lipinski definition) is 1. The van der Waals surface area contributed by atoms with E-state index in [0.717, 1.165) is 31.0 Å². The van der Waals surface area contributed by atoms with Crippen LogP contribution < -0.4 is 5.32 Å². The molecule has 0 spiro atoms. The Morgan fingerprint density at radius 1 is 1.36 bits per heavy atom. The fourth-order valence-corrected chi connectivity index (χ4v) is 2.30. The van der Waals surface area contributed by atoms with Gasteiger partial charge in [0.1, 0.15) is 18.0 Å². The second-order valence-corrected chi connectivity index (χ2v) is 5.40. The molecule has 0 bridgehead atoms. The Kier molecular flexibility index (Phi) is 4.13. The van der Waals surface area contributed by atoms with Crippen LogP contribution in [0.15, 0.2) is 24.5 Å². The highest BCUT2D eigenvalue weighted by atomic mass is 19.1. The van der Waals surface area contributed by atoms with Crippen molar-refractivity contribution in [3.05, 3.63) is 47.5 Å². The van der Waals surface area contributed by atoms with Crippen molar-refractivity contribution in [1.29, 1.82) is 0 Å². The van der Waals surface area contributed by atoms with Crippen molar-refractivity contribution in [3.8, 4) is 0 Å². The van der Waals surface area contributed by atoms with Gasteiger partial charge in [-0.3, -0.25) is 4.79 Å². The monoisotopic (exact) mass is 306 g/mol. The number of aromatic nitrogens is 3. The van der Waals surface area contributed by atoms with Gasteiger partial charge in [-0.15, -0.1) is 10.2 Å². The lowest BCUT2D eigenvalue weighted by Gasteiger charge is -2.07. The number of halogens is 2. The summed E-state index contributed by atoms with van der Waals surface area (Å²) in [7, 11) is 0. The predicted molar refractivity (Wildman–Crippen MR) is 74.8 cm³/mol. The maximum atomic E-state index is 13.5. The van der Waals surface area contributed by atoms with Gasteiger partial charge in [0, 0.05) is 12.5 Å². The molecule has 0 radical (unpaired) electrons. The average molecular weight is 306 g/mol. The molecule has 1 aromatic carbocycles. The van der Waals surface area contributed by atoms with Crippen LogP contribution in [0, 0.1) is 11.6 Å². The first-order valence-electron chi connectivity index (χ1n) is 7.22. The van der Waals surface area contributed by atoms with Crippen molar-refractivity contribution < 1.29 is 13.6 Å². The fraction of sp³-hybridized carbons (Fsp3) is 0.400. The Bertz CT molecular complexity index is 682. The molecule has 22 heavy (non-hydrogen) atoms. The maximum Gasteiger partial charge on any atom is 0.220 e. The summed E-state index contributed by atoms with van der Waals surface area (Å²) in [6.45, 7) is 0.293. The van der Waals surface area contributed by atoms with E-state index in [4.69, 9.17) is 0 Å². The van der Waals surface area contributed by atoms with E-state index in [9.17, 15) is 13.6 Å². The number of rotatable bonds is 6. The van der Waals surface area contributed by atoms with Crippen LogP contribution in [0.2, 0.25) is 0 Å². The molecule has 3 rings (SSSR count). The maximum absolute atomic E-state index is 13.5. The normalized spacial score (nSPS) is 14.1. The van der Waals surface area contributed by atoms with Crippen LogP contribution in [0.5, 0.6) is 0 Å². The Morgan fingerprint density at radius 3 is 2.95 bits per heavy atom. The molecular formula is C15H16F2N4O. The highest BCUT2D eigenvalue weighted by Gasteiger charge is 2.25. The Balaban J connectivity index is 1.50. The highest BCUT2D eigenvalue weighted by Crippen LogP contribution is 2.35. The zero-order valence-electron chi connectivity index (χ0n) is 11.9. The molecule has 1 aromatic heterocycles. The van der Waals surface area contributed by atoms with Crippen molar-refractivity contribution in [1.82, 2.24) is 20.1 Å². The number of amides is 1. The molecule has 1 amide bonds. The van der Waals surface area contributed by atoms with E-state index in [2.05, 4.69) is 15.5 Å². The third kappa shape index (κ3) is 3.47. The summed E-state index contributed by atoms with van der Waals surface area (Å²) in [4.78, 5) is 11.8. The van der Waals surface area contributed by atoms with Gasteiger partial charge in [0.2, 0.25) is 5.91 Å². The quantitative estimate of drug-likeness (QED) is 0.889. The molecular weight excluding hydrogens is 290 g/mol. The van der Waals surface area contributed by atoms with Crippen LogP contribution in [0.3, 0.4) is 0 Å². The van der Waals surface area contributed by atoms with E-state index in [0.29, 0.717) is 18.4 Å². The average Bonchev–Trinajstić information content (AvgIpc) is 3.24. The van der Waals surface area contributed by atoms with Gasteiger partial charge < -0.3 is 9.88 Å². The molecule has 0 aliphatic heterocycles. The van der Waals surface area contributed by atoms with Crippen LogP contribution in [0.25, 0.3) is 0 Å². The number of nitrogens with one attached hydrogen (secondary N) is 1. The topological polar surface area (TPSA) is 59.8 Å². The predicted octanol–water partition coefficient (Wildman–Crippen LogP) is 2.14. The van der Waals surface area contributed by atoms with E-state index >= 15 is 0 Å². The molecule has 1 heterocycles. The summed E-state index contributed by atoms with van der Waals surface area (Å²) < 4.78 is 28.5. The number of nitrogens with zero attached hydrogens (tertiary/aromatic N) is 3. The summed E-state index contributed by atoms with van der Waals surface area (Å²) in [6, 6.07) is 3.69. The van der Waals surface area contributed by atoms with Gasteiger partial charge >= 0.3 is 0 Å². The minimum atomic E-state index is -0.505. The molecule has 5 nitrogen and oxygen atoms in total. The third-order valence-electron chi connectivity index (χ3n) is 3.66. The zero-order valence-corrected chi connectivity index (χ0v) is 11.9. The molecule has 7 heteroatoms. The minimum Gasteiger partial charge on any atom is -0.349 e. The van der Waals surface area contributed by atoms with E-state index < -0.39 is 11.6 Å². The molecule has 0 saturated heterocycles. The van der Waals surface area contributed by atoms with Gasteiger partial charge in [0.15, 0.2) is 5.82 Å². The summed E-state index contributed by atoms with van der Waals surface area (Å²) >= 11 is 0. The zero-order chi connectivity index (χ0) is 15.5. The van der Waals surface area contributed by atoms with Crippen LogP contribution in [-0.4, -0.2) is 20.7 Å². The lowest BCUT2D eigenvalue weighted by molar-refractivity contribution is -0.121. The second kappa shape index (κ2) is 6.21. The van der Waals surface area contributed by atoms with E-state index in [-0.39, 0.29) is 24.3 Å². The lowest BCUT2D eigenvalue weighted by Crippen LogP contribution is -2.25. The summed E-state index contributed by atoms with van der Waals surface area (Å²) in [5.41, 5.74) is 0.205. The Hall–Kier alpha value is -2.31. The largest absolute Gasteiger partial charge is 0.349 e. The van der Waals surface area contributed by atoms with Gasteiger partial charge in [0.25, 0.3) is 0 Å². The number of benzene rings is 1. The fourth-order valence-electron chi connectivity index (χ4n) is 2.30. The SMILES string of the molecule is O=C(CCc1cc(F)ccc1F)NCc1nncn1C1CC1. The van der Waals surface area contributed by atoms with Gasteiger partial charge in [-0.1, -0.05) is 0 Å². The van der Waals surface area contributed by atoms with E-state index in [1.165, 1.54) is 0 Å². The van der Waals surface area contributed by atoms with Crippen molar-refractivity contribution in [2.75, 3.05) is 0 Å². The molecule has 1 fully saturated rings. The molecule has 0 atom stereocenters. The highest BCUT2D eigenvalue weighted by molar-refractivity contribution is 5.76. The van der Waals surface area contributed by atoms with Crippen LogP contribution in [-0.2, 0) is 17.8 Å². The first-order chi connectivity index (χ1) is 10.6. The number of hydrogen-bond acceptors (Lipinski definition) is 3. The van der Waals surface area contributed by atoms with Gasteiger partial charge in [-0.05, 0) is 43.0 Å². The van der Waals surface area contributed by atoms with E-state index in [1.807, 2.05) is 4.57 Å². The molecule has 0 unspecified atom stereocenters. The van der Waals surface area contributed by atoms with Crippen molar-refractivity contribution >= 4 is 5.91 Å². The van der Waals surface area contributed by atoms with Crippen molar-refractivity contribution in [2.45, 2.75) is 38.3 Å². The van der Waals surface area contributed by atoms with Gasteiger partial charge in [-0.25, -0.2) is 8.78 Å². The number of aryl methyl sites for hydroxylation is 1. The molecule has 2 aromatic rings. The molecule has 1 aliphatic carbocycles. The smallest absolute Gasteiger partial charge is 0.220 e. The minimum absolute atomic E-state index is 0.0952. The second-order valence-electron chi connectivity index (χ2n) is 5.40. The Labute approximate surface area is 126 Å². The first-order valence-corrected chi connectivity index (χ1v) is 7.22. The number of carbonyl (C=O) groups excluding carboxylic acids is 1. The lowest BCUT2D eigenvalue weighted by atomic mass is 10.1. The summed E-state index contributed by atoms with van der Waals surface area (Å²) in [5, 5.41) is 10.6. The molecule has 1 N–H and O–H groups in total. The molecule has 1 saturated carbocycles. The number of carbonyl (C=O) groups is 1. The van der Waals surface area contributed by atoms with Crippen LogP contribution in [0.4, 0.5) is 8.78 Å². The van der Waals surface area contributed by atoms with Crippen molar-refractivity contribution in [3.63, 3.8) is 0 Å². The molecule has 116 valence electrons. The van der Waals surface area contributed by atoms with Crippen LogP contribution in [0.1, 0.15) is 36.7 Å². The van der Waals surface area contributed by atoms with Crippen LogP contribution >= 0.6 is 0 Å². The summed E-state index contributed by atoms with van der Waals surface area (Å²) in [5.74, 6) is -0.515. The first kappa shape index (κ1) is 14.6.